The molecule has 0 aromatic heterocycles. The number of halogens is 3. The van der Waals surface area contributed by atoms with E-state index in [0.29, 0.717) is 24.7 Å². The van der Waals surface area contributed by atoms with E-state index in [1.165, 1.54) is 4.90 Å². The molecule has 1 aliphatic rings. The highest BCUT2D eigenvalue weighted by molar-refractivity contribution is 9.09. The molecule has 0 aliphatic carbocycles. The van der Waals surface area contributed by atoms with Crippen molar-refractivity contribution in [2.24, 2.45) is 0 Å². The zero-order valence-electron chi connectivity index (χ0n) is 13.0. The summed E-state index contributed by atoms with van der Waals surface area (Å²) in [5.74, 6) is -2.89. The third-order valence-electron chi connectivity index (χ3n) is 3.07. The first-order chi connectivity index (χ1) is 9.46. The fourth-order valence-corrected chi connectivity index (χ4v) is 2.75. The molecule has 1 saturated heterocycles. The van der Waals surface area contributed by atoms with Crippen LogP contribution in [0.15, 0.2) is 0 Å². The largest absolute Gasteiger partial charge is 0.444 e. The minimum Gasteiger partial charge on any atom is -0.444 e. The summed E-state index contributed by atoms with van der Waals surface area (Å²) in [4.78, 5) is 13.6. The van der Waals surface area contributed by atoms with Crippen molar-refractivity contribution in [1.29, 1.82) is 0 Å². The van der Waals surface area contributed by atoms with Crippen LogP contribution in [0.1, 0.15) is 40.5 Å². The number of carbonyl (C=O) groups is 1. The number of hydrogen-bond donors (Lipinski definition) is 0. The molecule has 124 valence electrons. The lowest BCUT2D eigenvalue weighted by Crippen LogP contribution is -2.54. The maximum absolute atomic E-state index is 13.0. The van der Waals surface area contributed by atoms with Gasteiger partial charge in [-0.25, -0.2) is 13.6 Å². The average Bonchev–Trinajstić information content (AvgIpc) is 2.34. The summed E-state index contributed by atoms with van der Waals surface area (Å²) in [5.41, 5.74) is -1.36. The maximum atomic E-state index is 13.0. The Hall–Kier alpha value is -0.430. The molecule has 1 rings (SSSR count). The number of amides is 1. The van der Waals surface area contributed by atoms with Gasteiger partial charge >= 0.3 is 6.09 Å². The molecule has 1 heterocycles. The van der Waals surface area contributed by atoms with Crippen molar-refractivity contribution in [2.45, 2.75) is 57.7 Å². The molecule has 1 aliphatic heterocycles. The minimum absolute atomic E-state index is 0.253. The van der Waals surface area contributed by atoms with Gasteiger partial charge in [-0.05, 0) is 33.6 Å². The molecule has 0 aromatic carbocycles. The Balaban J connectivity index is 2.69. The highest BCUT2D eigenvalue weighted by atomic mass is 79.9. The molecule has 1 amide bonds. The number of piperidine rings is 1. The van der Waals surface area contributed by atoms with Crippen molar-refractivity contribution in [3.63, 3.8) is 0 Å². The van der Waals surface area contributed by atoms with Crippen molar-refractivity contribution in [3.8, 4) is 0 Å². The first-order valence-electron chi connectivity index (χ1n) is 7.02. The van der Waals surface area contributed by atoms with Crippen LogP contribution < -0.4 is 0 Å². The topological polar surface area (TPSA) is 38.8 Å². The van der Waals surface area contributed by atoms with Gasteiger partial charge in [0, 0.05) is 18.8 Å². The summed E-state index contributed by atoms with van der Waals surface area (Å²) in [6.07, 6.45) is 0.896. The lowest BCUT2D eigenvalue weighted by atomic mass is 9.95. The second-order valence-corrected chi connectivity index (χ2v) is 7.24. The SMILES string of the molecule is CC(F)(F)COC1(CBr)CCCN(C(=O)OC(C)(C)C)C1. The first-order valence-corrected chi connectivity index (χ1v) is 8.14. The van der Waals surface area contributed by atoms with Crippen LogP contribution in [0.2, 0.25) is 0 Å². The van der Waals surface area contributed by atoms with Crippen LogP contribution >= 0.6 is 15.9 Å². The number of hydrogen-bond acceptors (Lipinski definition) is 3. The van der Waals surface area contributed by atoms with Crippen LogP contribution in [0.25, 0.3) is 0 Å². The monoisotopic (exact) mass is 371 g/mol. The van der Waals surface area contributed by atoms with E-state index >= 15 is 0 Å². The highest BCUT2D eigenvalue weighted by Gasteiger charge is 2.40. The molecule has 21 heavy (non-hydrogen) atoms. The van der Waals surface area contributed by atoms with Gasteiger partial charge in [0.25, 0.3) is 5.92 Å². The van der Waals surface area contributed by atoms with Crippen molar-refractivity contribution in [1.82, 2.24) is 4.90 Å². The molecule has 0 saturated carbocycles. The fraction of sp³-hybridized carbons (Fsp3) is 0.929. The molecule has 1 unspecified atom stereocenters. The van der Waals surface area contributed by atoms with Gasteiger partial charge in [-0.3, -0.25) is 0 Å². The quantitative estimate of drug-likeness (QED) is 0.705. The van der Waals surface area contributed by atoms with Crippen molar-refractivity contribution in [3.05, 3.63) is 0 Å². The molecule has 4 nitrogen and oxygen atoms in total. The zero-order chi connectivity index (χ0) is 16.3. The number of ether oxygens (including phenoxy) is 2. The number of alkyl halides is 3. The van der Waals surface area contributed by atoms with Crippen LogP contribution in [0, 0.1) is 0 Å². The normalized spacial score (nSPS) is 24.0. The molecule has 7 heteroatoms. The lowest BCUT2D eigenvalue weighted by molar-refractivity contribution is -0.139. The van der Waals surface area contributed by atoms with Gasteiger partial charge in [0.15, 0.2) is 0 Å². The molecule has 1 fully saturated rings. The van der Waals surface area contributed by atoms with E-state index in [9.17, 15) is 13.6 Å². The van der Waals surface area contributed by atoms with Gasteiger partial charge in [-0.1, -0.05) is 15.9 Å². The molecular formula is C14H24BrF2NO3. The Labute approximate surface area is 133 Å². The molecule has 0 aromatic rings. The average molecular weight is 372 g/mol. The summed E-state index contributed by atoms with van der Waals surface area (Å²) >= 11 is 3.33. The minimum atomic E-state index is -2.89. The van der Waals surface area contributed by atoms with Gasteiger partial charge in [0.2, 0.25) is 0 Å². The van der Waals surface area contributed by atoms with Crippen molar-refractivity contribution < 1.29 is 23.0 Å². The first kappa shape index (κ1) is 18.6. The van der Waals surface area contributed by atoms with Crippen molar-refractivity contribution >= 4 is 22.0 Å². The number of likely N-dealkylation sites (tertiary alicyclic amines) is 1. The second-order valence-electron chi connectivity index (χ2n) is 6.68. The van der Waals surface area contributed by atoms with E-state index in [0.717, 1.165) is 6.92 Å². The Bertz CT molecular complexity index is 368. The summed E-state index contributed by atoms with van der Waals surface area (Å²) < 4.78 is 36.8. The molecule has 0 bridgehead atoms. The second kappa shape index (κ2) is 6.77. The third kappa shape index (κ3) is 6.46. The zero-order valence-corrected chi connectivity index (χ0v) is 14.6. The third-order valence-corrected chi connectivity index (χ3v) is 4.09. The number of nitrogens with zero attached hydrogens (tertiary/aromatic N) is 1. The summed E-state index contributed by atoms with van der Waals surface area (Å²) in [6.45, 7) is 6.35. The number of rotatable bonds is 4. The predicted octanol–water partition coefficient (Wildman–Crippen LogP) is 3.82. The molecule has 0 N–H and O–H groups in total. The van der Waals surface area contributed by atoms with Crippen LogP contribution in [0.4, 0.5) is 13.6 Å². The molecular weight excluding hydrogens is 348 g/mol. The fourth-order valence-electron chi connectivity index (χ4n) is 2.13. The molecule has 1 atom stereocenters. The lowest BCUT2D eigenvalue weighted by Gasteiger charge is -2.42. The summed E-state index contributed by atoms with van der Waals surface area (Å²) in [7, 11) is 0. The standard InChI is InChI=1S/C14H24BrF2NO3/c1-12(2,3)21-11(19)18-7-5-6-14(8-15,9-18)20-10-13(4,16)17/h5-10H2,1-4H3. The highest BCUT2D eigenvalue weighted by Crippen LogP contribution is 2.30. The summed E-state index contributed by atoms with van der Waals surface area (Å²) in [6, 6.07) is 0. The summed E-state index contributed by atoms with van der Waals surface area (Å²) in [5, 5.41) is 0.398. The van der Waals surface area contributed by atoms with Gasteiger partial charge in [0.05, 0.1) is 12.1 Å². The van der Waals surface area contributed by atoms with E-state index in [2.05, 4.69) is 15.9 Å². The number of carbonyl (C=O) groups excluding carboxylic acids is 1. The van der Waals surface area contributed by atoms with Crippen LogP contribution in [-0.2, 0) is 9.47 Å². The Morgan fingerprint density at radius 1 is 1.33 bits per heavy atom. The van der Waals surface area contributed by atoms with Gasteiger partial charge in [0.1, 0.15) is 12.2 Å². The van der Waals surface area contributed by atoms with Crippen LogP contribution in [0.3, 0.4) is 0 Å². The Kier molecular flexibility index (Phi) is 6.00. The van der Waals surface area contributed by atoms with Crippen LogP contribution in [0.5, 0.6) is 0 Å². The van der Waals surface area contributed by atoms with Crippen LogP contribution in [-0.4, -0.2) is 53.1 Å². The van der Waals surface area contributed by atoms with E-state index in [4.69, 9.17) is 9.47 Å². The van der Waals surface area contributed by atoms with Crippen molar-refractivity contribution in [2.75, 3.05) is 25.0 Å². The molecule has 0 radical (unpaired) electrons. The Morgan fingerprint density at radius 3 is 2.43 bits per heavy atom. The smallest absolute Gasteiger partial charge is 0.410 e. The maximum Gasteiger partial charge on any atom is 0.410 e. The van der Waals surface area contributed by atoms with E-state index in [1.807, 2.05) is 0 Å². The van der Waals surface area contributed by atoms with E-state index in [-0.39, 0.29) is 6.54 Å². The van der Waals surface area contributed by atoms with E-state index in [1.54, 1.807) is 20.8 Å². The van der Waals surface area contributed by atoms with E-state index < -0.39 is 29.8 Å². The molecule has 0 spiro atoms. The van der Waals surface area contributed by atoms with Gasteiger partial charge in [-0.2, -0.15) is 0 Å². The Morgan fingerprint density at radius 2 is 1.95 bits per heavy atom. The van der Waals surface area contributed by atoms with Gasteiger partial charge < -0.3 is 14.4 Å². The predicted molar refractivity (Wildman–Crippen MR) is 80.1 cm³/mol. The van der Waals surface area contributed by atoms with Gasteiger partial charge in [-0.15, -0.1) is 0 Å².